The molecule has 2 aromatic carbocycles. The largest absolute Gasteiger partial charge is 0.345 e. The number of benzene rings is 2. The van der Waals surface area contributed by atoms with Crippen LogP contribution in [0.25, 0.3) is 5.65 Å². The normalized spacial score (nSPS) is 10.8. The molecule has 0 aliphatic rings. The fourth-order valence-corrected chi connectivity index (χ4v) is 3.07. The Hall–Kier alpha value is -3.67. The number of hydrogen-bond acceptors (Lipinski definition) is 4. The molecule has 0 aliphatic heterocycles. The second-order valence-corrected chi connectivity index (χ2v) is 6.84. The van der Waals surface area contributed by atoms with Crippen LogP contribution in [0.3, 0.4) is 0 Å². The molecule has 0 spiro atoms. The number of nitrogens with zero attached hydrogens (tertiary/aromatic N) is 5. The highest BCUT2D eigenvalue weighted by molar-refractivity contribution is 5.94. The van der Waals surface area contributed by atoms with Crippen molar-refractivity contribution in [1.82, 2.24) is 19.5 Å². The smallest absolute Gasteiger partial charge is 0.254 e. The van der Waals surface area contributed by atoms with Crippen molar-refractivity contribution >= 4 is 28.9 Å². The number of aromatic nitrogens is 3. The molecule has 4 aromatic rings. The SMILES string of the molecule is Cc1cccc(N(c2ccc(C(=O)N(C)C)cc2)c2nc3ccccn3n2)c1. The van der Waals surface area contributed by atoms with Crippen LogP contribution in [0, 0.1) is 6.92 Å². The summed E-state index contributed by atoms with van der Waals surface area (Å²) in [6, 6.07) is 21.5. The minimum Gasteiger partial charge on any atom is -0.345 e. The Morgan fingerprint density at radius 3 is 2.39 bits per heavy atom. The van der Waals surface area contributed by atoms with E-state index in [-0.39, 0.29) is 5.91 Å². The molecule has 4 rings (SSSR count). The number of carbonyl (C=O) groups excluding carboxylic acids is 1. The molecule has 1 amide bonds. The van der Waals surface area contributed by atoms with E-state index in [2.05, 4.69) is 29.1 Å². The van der Waals surface area contributed by atoms with Crippen LogP contribution in [-0.2, 0) is 0 Å². The first kappa shape index (κ1) is 17.7. The van der Waals surface area contributed by atoms with E-state index in [1.165, 1.54) is 0 Å². The minimum atomic E-state index is -0.0282. The molecule has 6 heteroatoms. The Morgan fingerprint density at radius 1 is 0.929 bits per heavy atom. The van der Waals surface area contributed by atoms with Crippen molar-refractivity contribution in [2.45, 2.75) is 6.92 Å². The van der Waals surface area contributed by atoms with Gasteiger partial charge >= 0.3 is 0 Å². The topological polar surface area (TPSA) is 53.7 Å². The summed E-state index contributed by atoms with van der Waals surface area (Å²) < 4.78 is 1.75. The van der Waals surface area contributed by atoms with Crippen LogP contribution in [-0.4, -0.2) is 39.5 Å². The molecule has 0 radical (unpaired) electrons. The molecule has 140 valence electrons. The van der Waals surface area contributed by atoms with Crippen molar-refractivity contribution in [2.24, 2.45) is 0 Å². The second-order valence-electron chi connectivity index (χ2n) is 6.84. The van der Waals surface area contributed by atoms with Crippen molar-refractivity contribution < 1.29 is 4.79 Å². The van der Waals surface area contributed by atoms with Crippen molar-refractivity contribution in [3.8, 4) is 0 Å². The lowest BCUT2D eigenvalue weighted by atomic mass is 10.1. The summed E-state index contributed by atoms with van der Waals surface area (Å²) in [4.78, 5) is 20.5. The molecule has 0 atom stereocenters. The van der Waals surface area contributed by atoms with Crippen molar-refractivity contribution in [3.63, 3.8) is 0 Å². The van der Waals surface area contributed by atoms with Crippen molar-refractivity contribution in [2.75, 3.05) is 19.0 Å². The Balaban J connectivity index is 1.82. The lowest BCUT2D eigenvalue weighted by Gasteiger charge is -2.22. The van der Waals surface area contributed by atoms with Gasteiger partial charge in [0, 0.05) is 37.2 Å². The van der Waals surface area contributed by atoms with Crippen LogP contribution in [0.5, 0.6) is 0 Å². The van der Waals surface area contributed by atoms with Gasteiger partial charge in [-0.15, -0.1) is 5.10 Å². The number of anilines is 3. The molecular formula is C22H21N5O. The zero-order chi connectivity index (χ0) is 19.7. The van der Waals surface area contributed by atoms with Crippen molar-refractivity contribution in [3.05, 3.63) is 84.1 Å². The molecule has 0 saturated carbocycles. The highest BCUT2D eigenvalue weighted by Gasteiger charge is 2.18. The average Bonchev–Trinajstić information content (AvgIpc) is 3.11. The number of carbonyl (C=O) groups is 1. The first-order valence-electron chi connectivity index (χ1n) is 9.03. The zero-order valence-electron chi connectivity index (χ0n) is 16.1. The Morgan fingerprint density at radius 2 is 1.71 bits per heavy atom. The maximum absolute atomic E-state index is 12.2. The zero-order valence-corrected chi connectivity index (χ0v) is 16.1. The Labute approximate surface area is 163 Å². The summed E-state index contributed by atoms with van der Waals surface area (Å²) in [6.45, 7) is 2.05. The summed E-state index contributed by atoms with van der Waals surface area (Å²) in [6.07, 6.45) is 1.87. The molecule has 6 nitrogen and oxygen atoms in total. The average molecular weight is 371 g/mol. The molecule has 2 heterocycles. The molecule has 0 fully saturated rings. The van der Waals surface area contributed by atoms with Gasteiger partial charge in [0.25, 0.3) is 11.9 Å². The third kappa shape index (κ3) is 3.32. The van der Waals surface area contributed by atoms with E-state index in [4.69, 9.17) is 0 Å². The van der Waals surface area contributed by atoms with E-state index in [1.54, 1.807) is 23.5 Å². The van der Waals surface area contributed by atoms with E-state index in [0.29, 0.717) is 11.5 Å². The van der Waals surface area contributed by atoms with E-state index in [1.807, 2.05) is 65.7 Å². The number of hydrogen-bond donors (Lipinski definition) is 0. The third-order valence-corrected chi connectivity index (χ3v) is 4.47. The minimum absolute atomic E-state index is 0.0282. The lowest BCUT2D eigenvalue weighted by molar-refractivity contribution is 0.0827. The quantitative estimate of drug-likeness (QED) is 0.539. The maximum Gasteiger partial charge on any atom is 0.254 e. The molecule has 0 aliphatic carbocycles. The van der Waals surface area contributed by atoms with Crippen LogP contribution >= 0.6 is 0 Å². The standard InChI is InChI=1S/C22H21N5O/c1-16-7-6-8-19(15-16)27(22-23-20-9-4-5-14-26(20)24-22)18-12-10-17(11-13-18)21(28)25(2)3/h4-15H,1-3H3. The number of aryl methyl sites for hydroxylation is 1. The molecule has 0 unspecified atom stereocenters. The first-order valence-corrected chi connectivity index (χ1v) is 9.03. The first-order chi connectivity index (χ1) is 13.5. The van der Waals surface area contributed by atoms with Gasteiger partial charge in [0.15, 0.2) is 5.65 Å². The van der Waals surface area contributed by atoms with Gasteiger partial charge in [-0.25, -0.2) is 4.52 Å². The van der Waals surface area contributed by atoms with Crippen LogP contribution in [0.2, 0.25) is 0 Å². The predicted octanol–water partition coefficient (Wildman–Crippen LogP) is 4.21. The summed E-state index contributed by atoms with van der Waals surface area (Å²) in [5.41, 5.74) is 4.40. The number of rotatable bonds is 4. The number of pyridine rings is 1. The summed E-state index contributed by atoms with van der Waals surface area (Å²) in [5, 5.41) is 4.64. The van der Waals surface area contributed by atoms with Crippen LogP contribution in [0.15, 0.2) is 72.9 Å². The fraction of sp³-hybridized carbons (Fsp3) is 0.136. The lowest BCUT2D eigenvalue weighted by Crippen LogP contribution is -2.21. The Kier molecular flexibility index (Phi) is 4.53. The molecule has 0 N–H and O–H groups in total. The Bertz CT molecular complexity index is 1100. The number of fused-ring (bicyclic) bond motifs is 1. The van der Waals surface area contributed by atoms with Gasteiger partial charge in [0.2, 0.25) is 0 Å². The molecule has 28 heavy (non-hydrogen) atoms. The fourth-order valence-electron chi connectivity index (χ4n) is 3.07. The van der Waals surface area contributed by atoms with Gasteiger partial charge in [-0.2, -0.15) is 4.98 Å². The van der Waals surface area contributed by atoms with E-state index < -0.39 is 0 Å². The van der Waals surface area contributed by atoms with Gasteiger partial charge in [0.1, 0.15) is 0 Å². The molecule has 0 saturated heterocycles. The van der Waals surface area contributed by atoms with Gasteiger partial charge in [-0.05, 0) is 61.0 Å². The summed E-state index contributed by atoms with van der Waals surface area (Å²) in [7, 11) is 3.49. The van der Waals surface area contributed by atoms with E-state index in [9.17, 15) is 4.79 Å². The van der Waals surface area contributed by atoms with Gasteiger partial charge < -0.3 is 4.90 Å². The highest BCUT2D eigenvalue weighted by atomic mass is 16.2. The van der Waals surface area contributed by atoms with Gasteiger partial charge in [-0.3, -0.25) is 9.69 Å². The van der Waals surface area contributed by atoms with Crippen LogP contribution in [0.1, 0.15) is 15.9 Å². The molecule has 0 bridgehead atoms. The third-order valence-electron chi connectivity index (χ3n) is 4.47. The van der Waals surface area contributed by atoms with Gasteiger partial charge in [-0.1, -0.05) is 18.2 Å². The van der Waals surface area contributed by atoms with Crippen LogP contribution in [0.4, 0.5) is 17.3 Å². The van der Waals surface area contributed by atoms with E-state index in [0.717, 1.165) is 22.6 Å². The molecular weight excluding hydrogens is 350 g/mol. The van der Waals surface area contributed by atoms with Crippen LogP contribution < -0.4 is 4.90 Å². The predicted molar refractivity (Wildman–Crippen MR) is 110 cm³/mol. The maximum atomic E-state index is 12.2. The second kappa shape index (κ2) is 7.15. The number of amides is 1. The molecule has 2 aromatic heterocycles. The summed E-state index contributed by atoms with van der Waals surface area (Å²) >= 11 is 0. The van der Waals surface area contributed by atoms with E-state index >= 15 is 0 Å². The summed E-state index contributed by atoms with van der Waals surface area (Å²) in [5.74, 6) is 0.544. The highest BCUT2D eigenvalue weighted by Crippen LogP contribution is 2.33. The monoisotopic (exact) mass is 371 g/mol. The van der Waals surface area contributed by atoms with Gasteiger partial charge in [0.05, 0.1) is 0 Å². The van der Waals surface area contributed by atoms with Crippen molar-refractivity contribution in [1.29, 1.82) is 0 Å².